The van der Waals surface area contributed by atoms with E-state index in [0.29, 0.717) is 6.10 Å². The van der Waals surface area contributed by atoms with E-state index in [4.69, 9.17) is 10.6 Å². The van der Waals surface area contributed by atoms with Crippen LogP contribution in [0.15, 0.2) is 54.6 Å². The average Bonchev–Trinajstić information content (AvgIpc) is 3.25. The van der Waals surface area contributed by atoms with Crippen molar-refractivity contribution < 1.29 is 4.74 Å². The Morgan fingerprint density at radius 2 is 1.74 bits per heavy atom. The van der Waals surface area contributed by atoms with E-state index >= 15 is 0 Å². The molecule has 1 aliphatic carbocycles. The highest BCUT2D eigenvalue weighted by Crippen LogP contribution is 2.29. The predicted molar refractivity (Wildman–Crippen MR) is 75.7 cm³/mol. The molecule has 1 fully saturated rings. The molecule has 0 amide bonds. The number of rotatable bonds is 5. The van der Waals surface area contributed by atoms with E-state index in [1.807, 2.05) is 30.3 Å². The topological polar surface area (TPSA) is 47.3 Å². The van der Waals surface area contributed by atoms with Gasteiger partial charge in [0.15, 0.2) is 0 Å². The monoisotopic (exact) mass is 254 g/mol. The number of nitrogens with one attached hydrogen (secondary N) is 1. The summed E-state index contributed by atoms with van der Waals surface area (Å²) in [6, 6.07) is 18.3. The number of hydrogen-bond donors (Lipinski definition) is 2. The molecule has 1 unspecified atom stereocenters. The molecule has 0 saturated heterocycles. The maximum absolute atomic E-state index is 5.83. The molecule has 19 heavy (non-hydrogen) atoms. The van der Waals surface area contributed by atoms with Crippen LogP contribution in [0.2, 0.25) is 0 Å². The molecular weight excluding hydrogens is 236 g/mol. The molecule has 1 saturated carbocycles. The van der Waals surface area contributed by atoms with Crippen LogP contribution in [-0.4, -0.2) is 6.10 Å². The average molecular weight is 254 g/mol. The van der Waals surface area contributed by atoms with Crippen LogP contribution in [0.3, 0.4) is 0 Å². The summed E-state index contributed by atoms with van der Waals surface area (Å²) in [5, 5.41) is 0. The SMILES string of the molecule is NNC(c1ccccc1)c1cccc(OC2CC2)c1. The summed E-state index contributed by atoms with van der Waals surface area (Å²) in [6.07, 6.45) is 2.75. The Labute approximate surface area is 113 Å². The first kappa shape index (κ1) is 12.2. The molecule has 98 valence electrons. The van der Waals surface area contributed by atoms with E-state index in [2.05, 4.69) is 29.7 Å². The predicted octanol–water partition coefficient (Wildman–Crippen LogP) is 2.78. The van der Waals surface area contributed by atoms with Gasteiger partial charge in [-0.1, -0.05) is 42.5 Å². The molecule has 2 aromatic carbocycles. The number of hydrogen-bond acceptors (Lipinski definition) is 3. The molecule has 0 bridgehead atoms. The Morgan fingerprint density at radius 1 is 1.00 bits per heavy atom. The van der Waals surface area contributed by atoms with Crippen LogP contribution < -0.4 is 16.0 Å². The molecule has 2 aromatic rings. The van der Waals surface area contributed by atoms with Gasteiger partial charge in [-0.3, -0.25) is 5.84 Å². The van der Waals surface area contributed by atoms with Gasteiger partial charge in [0.05, 0.1) is 12.1 Å². The van der Waals surface area contributed by atoms with Gasteiger partial charge in [0, 0.05) is 0 Å². The zero-order valence-electron chi connectivity index (χ0n) is 10.8. The van der Waals surface area contributed by atoms with E-state index in [1.54, 1.807) is 0 Å². The number of hydrazine groups is 1. The fourth-order valence-corrected chi connectivity index (χ4v) is 2.18. The molecule has 0 aliphatic heterocycles. The van der Waals surface area contributed by atoms with E-state index in [1.165, 1.54) is 12.8 Å². The first-order valence-corrected chi connectivity index (χ1v) is 6.64. The highest BCUT2D eigenvalue weighted by Gasteiger charge is 2.23. The van der Waals surface area contributed by atoms with E-state index < -0.39 is 0 Å². The second-order valence-electron chi connectivity index (χ2n) is 4.90. The number of nitrogens with two attached hydrogens (primary N) is 1. The van der Waals surface area contributed by atoms with Crippen LogP contribution >= 0.6 is 0 Å². The molecule has 0 spiro atoms. The first-order valence-electron chi connectivity index (χ1n) is 6.64. The lowest BCUT2D eigenvalue weighted by molar-refractivity contribution is 0.302. The zero-order chi connectivity index (χ0) is 13.1. The summed E-state index contributed by atoms with van der Waals surface area (Å²) in [5.74, 6) is 6.64. The van der Waals surface area contributed by atoms with Crippen LogP contribution in [0.5, 0.6) is 5.75 Å². The summed E-state index contributed by atoms with van der Waals surface area (Å²) >= 11 is 0. The maximum Gasteiger partial charge on any atom is 0.120 e. The molecule has 3 N–H and O–H groups in total. The Balaban J connectivity index is 1.86. The van der Waals surface area contributed by atoms with Gasteiger partial charge in [0.2, 0.25) is 0 Å². The standard InChI is InChI=1S/C16H18N2O/c17-18-16(12-5-2-1-3-6-12)13-7-4-8-15(11-13)19-14-9-10-14/h1-8,11,14,16,18H,9-10,17H2. The highest BCUT2D eigenvalue weighted by atomic mass is 16.5. The van der Waals surface area contributed by atoms with Crippen molar-refractivity contribution in [1.82, 2.24) is 5.43 Å². The summed E-state index contributed by atoms with van der Waals surface area (Å²) in [7, 11) is 0. The lowest BCUT2D eigenvalue weighted by Crippen LogP contribution is -2.28. The molecule has 3 rings (SSSR count). The third-order valence-electron chi connectivity index (χ3n) is 3.32. The number of ether oxygens (including phenoxy) is 1. The molecule has 3 heteroatoms. The van der Waals surface area contributed by atoms with Crippen molar-refractivity contribution >= 4 is 0 Å². The second kappa shape index (κ2) is 5.43. The van der Waals surface area contributed by atoms with Gasteiger partial charge in [-0.05, 0) is 36.1 Å². The Bertz CT molecular complexity index is 537. The second-order valence-corrected chi connectivity index (χ2v) is 4.90. The minimum Gasteiger partial charge on any atom is -0.490 e. The van der Waals surface area contributed by atoms with Gasteiger partial charge in [0.25, 0.3) is 0 Å². The largest absolute Gasteiger partial charge is 0.490 e. The van der Waals surface area contributed by atoms with Crippen LogP contribution in [0.25, 0.3) is 0 Å². The fourth-order valence-electron chi connectivity index (χ4n) is 2.18. The van der Waals surface area contributed by atoms with Crippen LogP contribution in [0.1, 0.15) is 30.0 Å². The van der Waals surface area contributed by atoms with Crippen LogP contribution in [-0.2, 0) is 0 Å². The summed E-state index contributed by atoms with van der Waals surface area (Å²) in [4.78, 5) is 0. The first-order chi connectivity index (χ1) is 9.36. The zero-order valence-corrected chi connectivity index (χ0v) is 10.8. The lowest BCUT2D eigenvalue weighted by atomic mass is 9.99. The Hall–Kier alpha value is -1.84. The fraction of sp³-hybridized carbons (Fsp3) is 0.250. The van der Waals surface area contributed by atoms with E-state index in [9.17, 15) is 0 Å². The summed E-state index contributed by atoms with van der Waals surface area (Å²) < 4.78 is 5.83. The van der Waals surface area contributed by atoms with Crippen molar-refractivity contribution in [2.24, 2.45) is 5.84 Å². The third-order valence-corrected chi connectivity index (χ3v) is 3.32. The highest BCUT2D eigenvalue weighted by molar-refractivity contribution is 5.36. The Kier molecular flexibility index (Phi) is 3.49. The Morgan fingerprint density at radius 3 is 2.42 bits per heavy atom. The van der Waals surface area contributed by atoms with E-state index in [-0.39, 0.29) is 6.04 Å². The molecule has 0 aromatic heterocycles. The van der Waals surface area contributed by atoms with Crippen molar-refractivity contribution in [2.75, 3.05) is 0 Å². The van der Waals surface area contributed by atoms with Crippen LogP contribution in [0.4, 0.5) is 0 Å². The molecule has 0 radical (unpaired) electrons. The van der Waals surface area contributed by atoms with Crippen LogP contribution in [0, 0.1) is 0 Å². The minimum absolute atomic E-state index is 0.0102. The van der Waals surface area contributed by atoms with Gasteiger partial charge < -0.3 is 4.74 Å². The lowest BCUT2D eigenvalue weighted by Gasteiger charge is -2.17. The summed E-state index contributed by atoms with van der Waals surface area (Å²) in [6.45, 7) is 0. The molecule has 1 aliphatic rings. The quantitative estimate of drug-likeness (QED) is 0.637. The van der Waals surface area contributed by atoms with Crippen molar-refractivity contribution in [3.63, 3.8) is 0 Å². The number of benzene rings is 2. The minimum atomic E-state index is -0.0102. The van der Waals surface area contributed by atoms with Crippen molar-refractivity contribution in [2.45, 2.75) is 25.0 Å². The van der Waals surface area contributed by atoms with Gasteiger partial charge in [-0.2, -0.15) is 0 Å². The van der Waals surface area contributed by atoms with Gasteiger partial charge in [0.1, 0.15) is 5.75 Å². The van der Waals surface area contributed by atoms with E-state index in [0.717, 1.165) is 16.9 Å². The van der Waals surface area contributed by atoms with Gasteiger partial charge in [-0.15, -0.1) is 0 Å². The third kappa shape index (κ3) is 2.95. The van der Waals surface area contributed by atoms with Crippen molar-refractivity contribution in [1.29, 1.82) is 0 Å². The molecule has 1 atom stereocenters. The molecule has 0 heterocycles. The van der Waals surface area contributed by atoms with Crippen molar-refractivity contribution in [3.05, 3.63) is 65.7 Å². The molecule has 3 nitrogen and oxygen atoms in total. The maximum atomic E-state index is 5.83. The van der Waals surface area contributed by atoms with Gasteiger partial charge >= 0.3 is 0 Å². The summed E-state index contributed by atoms with van der Waals surface area (Å²) in [5.41, 5.74) is 5.14. The molecular formula is C16H18N2O. The smallest absolute Gasteiger partial charge is 0.120 e. The van der Waals surface area contributed by atoms with Crippen molar-refractivity contribution in [3.8, 4) is 5.75 Å². The van der Waals surface area contributed by atoms with Gasteiger partial charge in [-0.25, -0.2) is 5.43 Å². The normalized spacial score (nSPS) is 16.1.